The quantitative estimate of drug-likeness (QED) is 0.558. The van der Waals surface area contributed by atoms with Gasteiger partial charge in [0.25, 0.3) is 0 Å². The highest BCUT2D eigenvalue weighted by Gasteiger charge is 2.30. The number of Topliss-reactive ketones (excluding diaryl/α,β-unsaturated/α-hetero) is 1. The Kier molecular flexibility index (Phi) is 4.58. The molecule has 0 aliphatic carbocycles. The zero-order chi connectivity index (χ0) is 17.3. The molecule has 1 aliphatic rings. The maximum Gasteiger partial charge on any atom is 0.232 e. The molecule has 0 atom stereocenters. The summed E-state index contributed by atoms with van der Waals surface area (Å²) in [5, 5.41) is 2.01. The Morgan fingerprint density at radius 3 is 2.71 bits per heavy atom. The van der Waals surface area contributed by atoms with Crippen molar-refractivity contribution in [3.63, 3.8) is 0 Å². The number of hydrogen-bond donors (Lipinski definition) is 0. The van der Waals surface area contributed by atoms with Crippen molar-refractivity contribution in [3.05, 3.63) is 62.6 Å². The normalized spacial score (nSPS) is 14.5. The van der Waals surface area contributed by atoms with E-state index < -0.39 is 0 Å². The highest BCUT2D eigenvalue weighted by Crippen LogP contribution is 2.39. The third kappa shape index (κ3) is 3.15. The van der Waals surface area contributed by atoms with Crippen molar-refractivity contribution in [1.82, 2.24) is 0 Å². The molecule has 0 fully saturated rings. The maximum atomic E-state index is 12.6. The minimum atomic E-state index is -0.0725. The molecule has 0 amide bonds. The van der Waals surface area contributed by atoms with E-state index in [0.29, 0.717) is 23.7 Å². The van der Waals surface area contributed by atoms with Crippen LogP contribution in [-0.4, -0.2) is 12.4 Å². The van der Waals surface area contributed by atoms with Crippen molar-refractivity contribution in [2.75, 3.05) is 6.61 Å². The van der Waals surface area contributed by atoms with Gasteiger partial charge < -0.3 is 9.47 Å². The van der Waals surface area contributed by atoms with E-state index in [0.717, 1.165) is 21.8 Å². The lowest BCUT2D eigenvalue weighted by molar-refractivity contribution is 0.101. The molecule has 0 N–H and O–H groups in total. The molecule has 1 aromatic heterocycles. The minimum Gasteiger partial charge on any atom is -0.489 e. The van der Waals surface area contributed by atoms with Crippen LogP contribution in [0, 0.1) is 13.8 Å². The summed E-state index contributed by atoms with van der Waals surface area (Å²) in [4.78, 5) is 13.6. The van der Waals surface area contributed by atoms with Crippen molar-refractivity contribution in [1.29, 1.82) is 0 Å². The molecule has 0 unspecified atom stereocenters. The molecule has 0 bridgehead atoms. The average Bonchev–Trinajstić information content (AvgIpc) is 3.07. The SMILES string of the molecule is CC(C)=CCOc1ccc2c(c1C)O/C(=C\c1sccc1C)C2=O. The molecule has 124 valence electrons. The Morgan fingerprint density at radius 2 is 2.04 bits per heavy atom. The number of carbonyl (C=O) groups excluding carboxylic acids is 1. The molecule has 4 heteroatoms. The first-order valence-corrected chi connectivity index (χ1v) is 8.73. The second kappa shape index (κ2) is 6.65. The van der Waals surface area contributed by atoms with Crippen molar-refractivity contribution in [2.24, 2.45) is 0 Å². The van der Waals surface area contributed by atoms with E-state index in [1.165, 1.54) is 5.57 Å². The molecule has 0 saturated carbocycles. The summed E-state index contributed by atoms with van der Waals surface area (Å²) >= 11 is 1.60. The third-order valence-electron chi connectivity index (χ3n) is 3.93. The number of thiophene rings is 1. The van der Waals surface area contributed by atoms with Crippen LogP contribution in [0.25, 0.3) is 6.08 Å². The lowest BCUT2D eigenvalue weighted by Crippen LogP contribution is -1.98. The summed E-state index contributed by atoms with van der Waals surface area (Å²) in [6.45, 7) is 8.51. The van der Waals surface area contributed by atoms with Gasteiger partial charge in [-0.25, -0.2) is 0 Å². The van der Waals surface area contributed by atoms with Gasteiger partial charge in [-0.2, -0.15) is 0 Å². The number of hydrogen-bond acceptors (Lipinski definition) is 4. The molecule has 1 aromatic carbocycles. The van der Waals surface area contributed by atoms with Crippen LogP contribution in [0.5, 0.6) is 11.5 Å². The van der Waals surface area contributed by atoms with E-state index in [1.807, 2.05) is 57.4 Å². The third-order valence-corrected chi connectivity index (χ3v) is 4.90. The van der Waals surface area contributed by atoms with Crippen molar-refractivity contribution >= 4 is 23.2 Å². The highest BCUT2D eigenvalue weighted by atomic mass is 32.1. The maximum absolute atomic E-state index is 12.6. The lowest BCUT2D eigenvalue weighted by atomic mass is 10.1. The van der Waals surface area contributed by atoms with Crippen LogP contribution in [0.3, 0.4) is 0 Å². The first-order valence-electron chi connectivity index (χ1n) is 7.85. The molecule has 0 radical (unpaired) electrons. The number of ketones is 1. The summed E-state index contributed by atoms with van der Waals surface area (Å²) < 4.78 is 11.7. The van der Waals surface area contributed by atoms with Gasteiger partial charge in [-0.3, -0.25) is 4.79 Å². The summed E-state index contributed by atoms with van der Waals surface area (Å²) in [5.74, 6) is 1.65. The fraction of sp³-hybridized carbons (Fsp3) is 0.250. The smallest absolute Gasteiger partial charge is 0.232 e. The first-order chi connectivity index (χ1) is 11.5. The molecule has 2 aromatic rings. The van der Waals surface area contributed by atoms with Crippen molar-refractivity contribution in [3.8, 4) is 11.5 Å². The van der Waals surface area contributed by atoms with E-state index in [1.54, 1.807) is 17.4 Å². The number of benzene rings is 1. The van der Waals surface area contributed by atoms with Gasteiger partial charge in [-0.1, -0.05) is 5.57 Å². The zero-order valence-corrected chi connectivity index (χ0v) is 15.1. The zero-order valence-electron chi connectivity index (χ0n) is 14.3. The van der Waals surface area contributed by atoms with E-state index in [4.69, 9.17) is 9.47 Å². The molecule has 3 nitrogen and oxygen atoms in total. The van der Waals surface area contributed by atoms with Gasteiger partial charge in [-0.15, -0.1) is 11.3 Å². The van der Waals surface area contributed by atoms with Gasteiger partial charge in [0, 0.05) is 16.5 Å². The van der Waals surface area contributed by atoms with E-state index in [9.17, 15) is 4.79 Å². The van der Waals surface area contributed by atoms with Gasteiger partial charge in [0.1, 0.15) is 18.1 Å². The summed E-state index contributed by atoms with van der Waals surface area (Å²) in [6, 6.07) is 5.66. The summed E-state index contributed by atoms with van der Waals surface area (Å²) in [5.41, 5.74) is 3.80. The van der Waals surface area contributed by atoms with Gasteiger partial charge in [0.05, 0.1) is 5.56 Å². The second-order valence-corrected chi connectivity index (χ2v) is 7.01. The fourth-order valence-corrected chi connectivity index (χ4v) is 3.32. The second-order valence-electron chi connectivity index (χ2n) is 6.07. The standard InChI is InChI=1S/C20H20O3S/c1-12(2)7-9-22-16-6-5-15-19(21)17(23-20(15)14(16)4)11-18-13(3)8-10-24-18/h5-8,10-11H,9H2,1-4H3/b17-11-. The molecule has 2 heterocycles. The topological polar surface area (TPSA) is 35.5 Å². The highest BCUT2D eigenvalue weighted by molar-refractivity contribution is 7.11. The van der Waals surface area contributed by atoms with E-state index in [-0.39, 0.29) is 5.78 Å². The molecule has 3 rings (SSSR count). The molecule has 1 aliphatic heterocycles. The van der Waals surface area contributed by atoms with E-state index >= 15 is 0 Å². The van der Waals surface area contributed by atoms with Crippen molar-refractivity contribution in [2.45, 2.75) is 27.7 Å². The Labute approximate surface area is 146 Å². The van der Waals surface area contributed by atoms with Gasteiger partial charge in [0.15, 0.2) is 5.76 Å². The van der Waals surface area contributed by atoms with Crippen LogP contribution >= 0.6 is 11.3 Å². The number of ether oxygens (including phenoxy) is 2. The minimum absolute atomic E-state index is 0.0725. The molecular formula is C20H20O3S. The number of carbonyl (C=O) groups is 1. The predicted octanol–water partition coefficient (Wildman–Crippen LogP) is 5.33. The Hall–Kier alpha value is -2.33. The van der Waals surface area contributed by atoms with E-state index in [2.05, 4.69) is 0 Å². The number of allylic oxidation sites excluding steroid dienone is 2. The number of fused-ring (bicyclic) bond motifs is 1. The lowest BCUT2D eigenvalue weighted by Gasteiger charge is -2.10. The molecule has 24 heavy (non-hydrogen) atoms. The number of aryl methyl sites for hydroxylation is 1. The molecule has 0 saturated heterocycles. The van der Waals surface area contributed by atoms with Crippen LogP contribution in [0.4, 0.5) is 0 Å². The van der Waals surface area contributed by atoms with Crippen LogP contribution in [0.2, 0.25) is 0 Å². The molecule has 0 spiro atoms. The average molecular weight is 340 g/mol. The van der Waals surface area contributed by atoms with Gasteiger partial charge in [-0.05, 0) is 62.9 Å². The summed E-state index contributed by atoms with van der Waals surface area (Å²) in [6.07, 6.45) is 3.84. The Bertz CT molecular complexity index is 852. The van der Waals surface area contributed by atoms with Crippen LogP contribution in [0.1, 0.15) is 40.2 Å². The largest absolute Gasteiger partial charge is 0.489 e. The first kappa shape index (κ1) is 16.5. The molecular weight excluding hydrogens is 320 g/mol. The van der Waals surface area contributed by atoms with Gasteiger partial charge in [0.2, 0.25) is 5.78 Å². The number of rotatable bonds is 4. The van der Waals surface area contributed by atoms with Crippen molar-refractivity contribution < 1.29 is 14.3 Å². The predicted molar refractivity (Wildman–Crippen MR) is 98.1 cm³/mol. The van der Waals surface area contributed by atoms with Crippen LogP contribution < -0.4 is 9.47 Å². The Balaban J connectivity index is 1.89. The fourth-order valence-electron chi connectivity index (χ4n) is 2.47. The monoisotopic (exact) mass is 340 g/mol. The van der Waals surface area contributed by atoms with Crippen LogP contribution in [0.15, 0.2) is 41.0 Å². The van der Waals surface area contributed by atoms with Gasteiger partial charge >= 0.3 is 0 Å². The Morgan fingerprint density at radius 1 is 1.25 bits per heavy atom. The summed E-state index contributed by atoms with van der Waals surface area (Å²) in [7, 11) is 0. The van der Waals surface area contributed by atoms with Crippen LogP contribution in [-0.2, 0) is 0 Å².